The van der Waals surface area contributed by atoms with Crippen molar-refractivity contribution in [2.75, 3.05) is 11.1 Å². The van der Waals surface area contributed by atoms with Crippen LogP contribution in [0.4, 0.5) is 5.69 Å². The van der Waals surface area contributed by atoms with Gasteiger partial charge in [0.25, 0.3) is 5.91 Å². The number of carbonyl (C=O) groups is 2. The Morgan fingerprint density at radius 3 is 2.29 bits per heavy atom. The topological polar surface area (TPSA) is 92.3 Å². The number of hydrogen-bond acceptors (Lipinski definition) is 6. The average Bonchev–Trinajstić information content (AvgIpc) is 3.39. The maximum absolute atomic E-state index is 12.1. The number of benzene rings is 1. The van der Waals surface area contributed by atoms with Crippen molar-refractivity contribution in [2.24, 2.45) is 0 Å². The zero-order chi connectivity index (χ0) is 20.0. The first-order valence-corrected chi connectivity index (χ1v) is 11.8. The average molecular weight is 435 g/mol. The molecule has 0 fully saturated rings. The van der Waals surface area contributed by atoms with Gasteiger partial charge in [-0.05, 0) is 47.2 Å². The molecule has 0 unspecified atom stereocenters. The van der Waals surface area contributed by atoms with Gasteiger partial charge in [0.05, 0.1) is 12.3 Å². The van der Waals surface area contributed by atoms with Crippen LogP contribution in [0.1, 0.15) is 21.7 Å². The third-order valence-corrected chi connectivity index (χ3v) is 7.91. The number of rotatable bonds is 8. The summed E-state index contributed by atoms with van der Waals surface area (Å²) in [6.45, 7) is 0.466. The van der Waals surface area contributed by atoms with Gasteiger partial charge >= 0.3 is 0 Å². The Kier molecular flexibility index (Phi) is 6.61. The molecule has 3 rings (SSSR count). The molecule has 2 heterocycles. The fourth-order valence-electron chi connectivity index (χ4n) is 2.38. The summed E-state index contributed by atoms with van der Waals surface area (Å²) in [5.74, 6) is -0.842. The van der Waals surface area contributed by atoms with E-state index in [2.05, 4.69) is 10.6 Å². The predicted molar refractivity (Wildman–Crippen MR) is 112 cm³/mol. The first-order chi connectivity index (χ1) is 13.4. The van der Waals surface area contributed by atoms with Crippen LogP contribution in [-0.4, -0.2) is 26.0 Å². The molecule has 0 saturated carbocycles. The van der Waals surface area contributed by atoms with E-state index in [4.69, 9.17) is 0 Å². The fourth-order valence-corrected chi connectivity index (χ4v) is 5.42. The summed E-state index contributed by atoms with van der Waals surface area (Å²) in [6, 6.07) is 13.5. The van der Waals surface area contributed by atoms with E-state index in [9.17, 15) is 18.0 Å². The maximum Gasteiger partial charge on any atom is 0.251 e. The molecule has 2 aromatic heterocycles. The zero-order valence-electron chi connectivity index (χ0n) is 14.8. The Bertz CT molecular complexity index is 1030. The van der Waals surface area contributed by atoms with Gasteiger partial charge in [0, 0.05) is 22.5 Å². The standard InChI is InChI=1S/C19H18N2O4S3/c22-17(9-12-28(24,25)18-4-2-11-27-18)21-15-7-5-14(6-8-15)19(23)20-13-16-3-1-10-26-16/h1-8,10-11H,9,12-13H2,(H,20,23)(H,21,22). The Balaban J connectivity index is 1.49. The smallest absolute Gasteiger partial charge is 0.251 e. The molecule has 0 aliphatic carbocycles. The Hall–Kier alpha value is -2.49. The molecule has 0 radical (unpaired) electrons. The second-order valence-electron chi connectivity index (χ2n) is 5.89. The number of carbonyl (C=O) groups excluding carboxylic acids is 2. The molecule has 0 aliphatic heterocycles. The highest BCUT2D eigenvalue weighted by molar-refractivity contribution is 7.93. The van der Waals surface area contributed by atoms with Crippen LogP contribution in [0.15, 0.2) is 63.5 Å². The van der Waals surface area contributed by atoms with Crippen LogP contribution in [0.2, 0.25) is 0 Å². The first kappa shape index (κ1) is 20.2. The van der Waals surface area contributed by atoms with Crippen LogP contribution >= 0.6 is 22.7 Å². The minimum absolute atomic E-state index is 0.136. The molecular weight excluding hydrogens is 416 g/mol. The lowest BCUT2D eigenvalue weighted by molar-refractivity contribution is -0.115. The van der Waals surface area contributed by atoms with Crippen molar-refractivity contribution in [3.05, 3.63) is 69.7 Å². The van der Waals surface area contributed by atoms with Crippen molar-refractivity contribution < 1.29 is 18.0 Å². The number of thiophene rings is 2. The lowest BCUT2D eigenvalue weighted by atomic mass is 10.2. The van der Waals surface area contributed by atoms with Gasteiger partial charge in [-0.2, -0.15) is 0 Å². The second kappa shape index (κ2) is 9.13. The van der Waals surface area contributed by atoms with Crippen molar-refractivity contribution in [1.29, 1.82) is 0 Å². The molecular formula is C19H18N2O4S3. The summed E-state index contributed by atoms with van der Waals surface area (Å²) in [4.78, 5) is 25.2. The molecule has 0 spiro atoms. The van der Waals surface area contributed by atoms with Crippen LogP contribution in [0, 0.1) is 0 Å². The van der Waals surface area contributed by atoms with E-state index < -0.39 is 15.7 Å². The second-order valence-corrected chi connectivity index (χ2v) is 10.2. The Morgan fingerprint density at radius 1 is 0.929 bits per heavy atom. The third-order valence-electron chi connectivity index (χ3n) is 3.83. The highest BCUT2D eigenvalue weighted by Gasteiger charge is 2.17. The van der Waals surface area contributed by atoms with E-state index >= 15 is 0 Å². The number of nitrogens with one attached hydrogen (secondary N) is 2. The molecule has 3 aromatic rings. The van der Waals surface area contributed by atoms with Crippen molar-refractivity contribution in [3.63, 3.8) is 0 Å². The van der Waals surface area contributed by atoms with E-state index in [0.717, 1.165) is 16.2 Å². The first-order valence-electron chi connectivity index (χ1n) is 8.41. The Labute approximate surface area is 171 Å². The molecule has 6 nitrogen and oxygen atoms in total. The predicted octanol–water partition coefficient (Wildman–Crippen LogP) is 3.54. The van der Waals surface area contributed by atoms with Gasteiger partial charge in [-0.1, -0.05) is 12.1 Å². The fraction of sp³-hybridized carbons (Fsp3) is 0.158. The zero-order valence-corrected chi connectivity index (χ0v) is 17.2. The van der Waals surface area contributed by atoms with Gasteiger partial charge < -0.3 is 10.6 Å². The summed E-state index contributed by atoms with van der Waals surface area (Å²) >= 11 is 2.71. The summed E-state index contributed by atoms with van der Waals surface area (Å²) < 4.78 is 24.5. The summed E-state index contributed by atoms with van der Waals surface area (Å²) in [5.41, 5.74) is 0.989. The summed E-state index contributed by atoms with van der Waals surface area (Å²) in [6.07, 6.45) is -0.136. The molecule has 9 heteroatoms. The van der Waals surface area contributed by atoms with Gasteiger partial charge in [0.15, 0.2) is 9.84 Å². The normalized spacial score (nSPS) is 11.1. The van der Waals surface area contributed by atoms with Crippen molar-refractivity contribution >= 4 is 50.0 Å². The molecule has 146 valence electrons. The lowest BCUT2D eigenvalue weighted by Crippen LogP contribution is -2.22. The van der Waals surface area contributed by atoms with Crippen LogP contribution in [0.25, 0.3) is 0 Å². The number of sulfone groups is 1. The monoisotopic (exact) mass is 434 g/mol. The van der Waals surface area contributed by atoms with Crippen LogP contribution in [0.3, 0.4) is 0 Å². The number of anilines is 1. The summed E-state index contributed by atoms with van der Waals surface area (Å²) in [5, 5.41) is 9.12. The minimum atomic E-state index is -3.44. The van der Waals surface area contributed by atoms with Gasteiger partial charge in [0.1, 0.15) is 4.21 Å². The number of amides is 2. The highest BCUT2D eigenvalue weighted by Crippen LogP contribution is 2.18. The molecule has 0 saturated heterocycles. The highest BCUT2D eigenvalue weighted by atomic mass is 32.2. The molecule has 2 N–H and O–H groups in total. The van der Waals surface area contributed by atoms with Crippen LogP contribution < -0.4 is 10.6 Å². The number of hydrogen-bond donors (Lipinski definition) is 2. The Morgan fingerprint density at radius 2 is 1.64 bits per heavy atom. The van der Waals surface area contributed by atoms with Crippen molar-refractivity contribution in [1.82, 2.24) is 5.32 Å². The molecule has 0 bridgehead atoms. The van der Waals surface area contributed by atoms with E-state index in [1.807, 2.05) is 17.5 Å². The van der Waals surface area contributed by atoms with E-state index in [1.54, 1.807) is 47.0 Å². The van der Waals surface area contributed by atoms with E-state index in [0.29, 0.717) is 17.8 Å². The molecule has 2 amide bonds. The van der Waals surface area contributed by atoms with Gasteiger partial charge in [0.2, 0.25) is 5.91 Å². The van der Waals surface area contributed by atoms with Crippen molar-refractivity contribution in [2.45, 2.75) is 17.2 Å². The molecule has 0 atom stereocenters. The van der Waals surface area contributed by atoms with Crippen LogP contribution in [-0.2, 0) is 21.2 Å². The largest absolute Gasteiger partial charge is 0.347 e. The summed E-state index contributed by atoms with van der Waals surface area (Å²) in [7, 11) is -3.44. The minimum Gasteiger partial charge on any atom is -0.347 e. The molecule has 28 heavy (non-hydrogen) atoms. The quantitative estimate of drug-likeness (QED) is 0.567. The van der Waals surface area contributed by atoms with E-state index in [1.165, 1.54) is 6.07 Å². The maximum atomic E-state index is 12.1. The SMILES string of the molecule is O=C(CCS(=O)(=O)c1cccs1)Nc1ccc(C(=O)NCc2cccs2)cc1. The third kappa shape index (κ3) is 5.51. The lowest BCUT2D eigenvalue weighted by Gasteiger charge is -2.07. The van der Waals surface area contributed by atoms with Crippen molar-refractivity contribution in [3.8, 4) is 0 Å². The van der Waals surface area contributed by atoms with E-state index in [-0.39, 0.29) is 22.3 Å². The molecule has 1 aromatic carbocycles. The molecule has 0 aliphatic rings. The van der Waals surface area contributed by atoms with Gasteiger partial charge in [-0.15, -0.1) is 22.7 Å². The van der Waals surface area contributed by atoms with Gasteiger partial charge in [-0.3, -0.25) is 9.59 Å². The van der Waals surface area contributed by atoms with Crippen LogP contribution in [0.5, 0.6) is 0 Å². The van der Waals surface area contributed by atoms with Gasteiger partial charge in [-0.25, -0.2) is 8.42 Å².